The summed E-state index contributed by atoms with van der Waals surface area (Å²) in [4.78, 5) is 11.2. The molecule has 1 saturated heterocycles. The third kappa shape index (κ3) is 1.79. The Morgan fingerprint density at radius 3 is 2.67 bits per heavy atom. The van der Waals surface area contributed by atoms with Gasteiger partial charge in [0.1, 0.15) is 6.10 Å². The van der Waals surface area contributed by atoms with Crippen LogP contribution in [0.25, 0.3) is 0 Å². The third-order valence-corrected chi connectivity index (χ3v) is 2.89. The van der Waals surface area contributed by atoms with E-state index >= 15 is 0 Å². The van der Waals surface area contributed by atoms with Gasteiger partial charge in [-0.1, -0.05) is 27.2 Å². The number of hydrogen-bond acceptors (Lipinski definition) is 2. The summed E-state index contributed by atoms with van der Waals surface area (Å²) in [5.41, 5.74) is 0. The molecule has 1 aliphatic rings. The number of hydrogen-bond donors (Lipinski definition) is 0. The van der Waals surface area contributed by atoms with Crippen molar-refractivity contribution in [1.29, 1.82) is 0 Å². The highest BCUT2D eigenvalue weighted by Gasteiger charge is 2.35. The lowest BCUT2D eigenvalue weighted by Crippen LogP contribution is -2.16. The van der Waals surface area contributed by atoms with E-state index in [1.54, 1.807) is 0 Å². The van der Waals surface area contributed by atoms with Gasteiger partial charge in [0.05, 0.1) is 5.92 Å². The average Bonchev–Trinajstić information content (AvgIpc) is 2.45. The predicted octanol–water partition coefficient (Wildman–Crippen LogP) is 2.37. The quantitative estimate of drug-likeness (QED) is 0.608. The zero-order valence-electron chi connectivity index (χ0n) is 8.17. The Labute approximate surface area is 74.3 Å². The molecule has 0 aliphatic carbocycles. The molecule has 1 fully saturated rings. The molecule has 0 aromatic heterocycles. The summed E-state index contributed by atoms with van der Waals surface area (Å²) in [6.07, 6.45) is 3.14. The van der Waals surface area contributed by atoms with E-state index in [0.717, 1.165) is 19.3 Å². The molecule has 1 heterocycles. The molecular weight excluding hydrogens is 152 g/mol. The van der Waals surface area contributed by atoms with Crippen LogP contribution in [0.3, 0.4) is 0 Å². The largest absolute Gasteiger partial charge is 0.462 e. The Balaban J connectivity index is 2.48. The minimum atomic E-state index is 0.0165. The van der Waals surface area contributed by atoms with E-state index in [2.05, 4.69) is 13.8 Å². The molecule has 12 heavy (non-hydrogen) atoms. The second kappa shape index (κ2) is 3.92. The molecule has 0 aromatic carbocycles. The van der Waals surface area contributed by atoms with Crippen LogP contribution in [-0.2, 0) is 9.53 Å². The maximum atomic E-state index is 11.2. The van der Waals surface area contributed by atoms with Crippen molar-refractivity contribution < 1.29 is 9.53 Å². The van der Waals surface area contributed by atoms with Crippen molar-refractivity contribution in [3.05, 3.63) is 0 Å². The van der Waals surface area contributed by atoms with Gasteiger partial charge in [-0.3, -0.25) is 4.79 Å². The van der Waals surface area contributed by atoms with Crippen molar-refractivity contribution in [3.63, 3.8) is 0 Å². The molecule has 3 atom stereocenters. The van der Waals surface area contributed by atoms with Crippen LogP contribution in [0, 0.1) is 11.8 Å². The summed E-state index contributed by atoms with van der Waals surface area (Å²) in [5, 5.41) is 0. The van der Waals surface area contributed by atoms with E-state index < -0.39 is 0 Å². The molecule has 70 valence electrons. The first-order valence-corrected chi connectivity index (χ1v) is 4.89. The summed E-state index contributed by atoms with van der Waals surface area (Å²) in [7, 11) is 0. The van der Waals surface area contributed by atoms with Crippen LogP contribution in [-0.4, -0.2) is 12.1 Å². The predicted molar refractivity (Wildman–Crippen MR) is 47.7 cm³/mol. The Morgan fingerprint density at radius 1 is 1.58 bits per heavy atom. The van der Waals surface area contributed by atoms with Crippen molar-refractivity contribution >= 4 is 5.97 Å². The maximum absolute atomic E-state index is 11.2. The van der Waals surface area contributed by atoms with Gasteiger partial charge >= 0.3 is 5.97 Å². The Bertz CT molecular complexity index is 165. The fourth-order valence-corrected chi connectivity index (χ4v) is 1.61. The van der Waals surface area contributed by atoms with E-state index in [1.165, 1.54) is 0 Å². The summed E-state index contributed by atoms with van der Waals surface area (Å²) in [6, 6.07) is 0. The number of ether oxygens (including phenoxy) is 1. The van der Waals surface area contributed by atoms with Crippen LogP contribution >= 0.6 is 0 Å². The minimum Gasteiger partial charge on any atom is -0.462 e. The van der Waals surface area contributed by atoms with Crippen LogP contribution in [0.4, 0.5) is 0 Å². The highest BCUT2D eigenvalue weighted by atomic mass is 16.6. The summed E-state index contributed by atoms with van der Waals surface area (Å²) in [5.74, 6) is 0.706. The van der Waals surface area contributed by atoms with Crippen LogP contribution in [0.5, 0.6) is 0 Å². The van der Waals surface area contributed by atoms with E-state index in [1.807, 2.05) is 6.92 Å². The molecule has 0 amide bonds. The third-order valence-electron chi connectivity index (χ3n) is 2.89. The lowest BCUT2D eigenvalue weighted by molar-refractivity contribution is -0.145. The van der Waals surface area contributed by atoms with Gasteiger partial charge in [-0.05, 0) is 18.8 Å². The molecule has 0 spiro atoms. The van der Waals surface area contributed by atoms with Crippen LogP contribution < -0.4 is 0 Å². The summed E-state index contributed by atoms with van der Waals surface area (Å²) >= 11 is 0. The van der Waals surface area contributed by atoms with Gasteiger partial charge in [0.2, 0.25) is 0 Å². The molecule has 1 aliphatic heterocycles. The molecule has 0 aromatic rings. The fraction of sp³-hybridized carbons (Fsp3) is 0.900. The van der Waals surface area contributed by atoms with Gasteiger partial charge in [0.25, 0.3) is 0 Å². The first-order valence-electron chi connectivity index (χ1n) is 4.89. The molecule has 0 bridgehead atoms. The molecule has 0 radical (unpaired) electrons. The molecule has 0 saturated carbocycles. The number of rotatable bonds is 3. The average molecular weight is 170 g/mol. The normalized spacial score (nSPS) is 31.8. The monoisotopic (exact) mass is 170 g/mol. The van der Waals surface area contributed by atoms with Gasteiger partial charge in [-0.15, -0.1) is 0 Å². The fourth-order valence-electron chi connectivity index (χ4n) is 1.61. The van der Waals surface area contributed by atoms with Crippen molar-refractivity contribution in [2.24, 2.45) is 11.8 Å². The summed E-state index contributed by atoms with van der Waals surface area (Å²) < 4.78 is 5.28. The summed E-state index contributed by atoms with van der Waals surface area (Å²) in [6.45, 7) is 6.33. The highest BCUT2D eigenvalue weighted by Crippen LogP contribution is 2.29. The van der Waals surface area contributed by atoms with E-state index in [-0.39, 0.29) is 18.0 Å². The van der Waals surface area contributed by atoms with Gasteiger partial charge in [0, 0.05) is 0 Å². The molecule has 3 unspecified atom stereocenters. The topological polar surface area (TPSA) is 26.3 Å². The van der Waals surface area contributed by atoms with Crippen LogP contribution in [0.15, 0.2) is 0 Å². The lowest BCUT2D eigenvalue weighted by Gasteiger charge is -2.15. The SMILES string of the molecule is CCC1CC(C(C)CC)OC1=O. The molecule has 1 rings (SSSR count). The van der Waals surface area contributed by atoms with E-state index in [9.17, 15) is 4.79 Å². The van der Waals surface area contributed by atoms with Crippen molar-refractivity contribution in [1.82, 2.24) is 0 Å². The molecule has 2 heteroatoms. The number of esters is 1. The van der Waals surface area contributed by atoms with Crippen LogP contribution in [0.2, 0.25) is 0 Å². The van der Waals surface area contributed by atoms with Gasteiger partial charge < -0.3 is 4.74 Å². The van der Waals surface area contributed by atoms with Crippen molar-refractivity contribution in [2.75, 3.05) is 0 Å². The Morgan fingerprint density at radius 2 is 2.25 bits per heavy atom. The van der Waals surface area contributed by atoms with Gasteiger partial charge in [-0.25, -0.2) is 0 Å². The number of carbonyl (C=O) groups is 1. The first kappa shape index (κ1) is 9.56. The zero-order valence-corrected chi connectivity index (χ0v) is 8.17. The minimum absolute atomic E-state index is 0.0165. The lowest BCUT2D eigenvalue weighted by atomic mass is 9.94. The number of carbonyl (C=O) groups excluding carboxylic acids is 1. The van der Waals surface area contributed by atoms with E-state index in [0.29, 0.717) is 5.92 Å². The molecule has 2 nitrogen and oxygen atoms in total. The van der Waals surface area contributed by atoms with E-state index in [4.69, 9.17) is 4.74 Å². The second-order valence-electron chi connectivity index (χ2n) is 3.70. The maximum Gasteiger partial charge on any atom is 0.309 e. The standard InChI is InChI=1S/C10H18O2/c1-4-7(3)9-6-8(5-2)10(11)12-9/h7-9H,4-6H2,1-3H3. The zero-order chi connectivity index (χ0) is 9.14. The number of cyclic esters (lactones) is 1. The Hall–Kier alpha value is -0.530. The van der Waals surface area contributed by atoms with Crippen molar-refractivity contribution in [3.8, 4) is 0 Å². The molecular formula is C10H18O2. The van der Waals surface area contributed by atoms with Gasteiger partial charge in [-0.2, -0.15) is 0 Å². The first-order chi connectivity index (χ1) is 5.69. The van der Waals surface area contributed by atoms with Gasteiger partial charge in [0.15, 0.2) is 0 Å². The smallest absolute Gasteiger partial charge is 0.309 e. The molecule has 0 N–H and O–H groups in total. The van der Waals surface area contributed by atoms with Crippen molar-refractivity contribution in [2.45, 2.75) is 46.1 Å². The van der Waals surface area contributed by atoms with Crippen LogP contribution in [0.1, 0.15) is 40.0 Å². The Kier molecular flexibility index (Phi) is 3.12. The highest BCUT2D eigenvalue weighted by molar-refractivity contribution is 5.74. The second-order valence-corrected chi connectivity index (χ2v) is 3.70.